The summed E-state index contributed by atoms with van der Waals surface area (Å²) in [5.74, 6) is -0.280. The molecule has 0 saturated carbocycles. The van der Waals surface area contributed by atoms with Crippen LogP contribution in [0.4, 0.5) is 11.4 Å². The summed E-state index contributed by atoms with van der Waals surface area (Å²) in [6.07, 6.45) is 2.50. The summed E-state index contributed by atoms with van der Waals surface area (Å²) < 4.78 is 1.58. The largest absolute Gasteiger partial charge is 0.398 e. The van der Waals surface area contributed by atoms with E-state index < -0.39 is 0 Å². The maximum Gasteiger partial charge on any atom is 0.257 e. The molecule has 5 nitrogen and oxygen atoms in total. The van der Waals surface area contributed by atoms with Gasteiger partial charge < -0.3 is 15.6 Å². The molecule has 1 aromatic heterocycles. The van der Waals surface area contributed by atoms with Crippen LogP contribution in [0.2, 0.25) is 0 Å². The molecule has 0 atom stereocenters. The lowest BCUT2D eigenvalue weighted by Gasteiger charge is -2.11. The number of anilines is 2. The van der Waals surface area contributed by atoms with Crippen LogP contribution >= 0.6 is 0 Å². The monoisotopic (exact) mass is 285 g/mol. The number of carbonyl (C=O) groups excluding carboxylic acids is 1. The summed E-state index contributed by atoms with van der Waals surface area (Å²) in [6.45, 7) is 4.47. The van der Waals surface area contributed by atoms with Crippen molar-refractivity contribution in [3.05, 3.63) is 58.0 Å². The van der Waals surface area contributed by atoms with Crippen molar-refractivity contribution in [3.8, 4) is 0 Å². The number of aryl methyl sites for hydroxylation is 2. The number of nitrogen functional groups attached to an aromatic ring is 1. The zero-order chi connectivity index (χ0) is 15.4. The number of nitrogens with two attached hydrogens (primary N) is 1. The van der Waals surface area contributed by atoms with Gasteiger partial charge in [0.05, 0.1) is 11.3 Å². The van der Waals surface area contributed by atoms with Gasteiger partial charge in [0.1, 0.15) is 0 Å². The summed E-state index contributed by atoms with van der Waals surface area (Å²) >= 11 is 0. The van der Waals surface area contributed by atoms with Crippen molar-refractivity contribution in [1.82, 2.24) is 4.57 Å². The highest BCUT2D eigenvalue weighted by Crippen LogP contribution is 2.18. The number of nitrogens with zero attached hydrogens (tertiary/aromatic N) is 1. The number of benzene rings is 1. The average molecular weight is 285 g/mol. The SMILES string of the molecule is CCCn1cc(NC(=O)c2cccc(C)c2N)ccc1=O. The van der Waals surface area contributed by atoms with Crippen molar-refractivity contribution in [3.63, 3.8) is 0 Å². The first-order chi connectivity index (χ1) is 10.0. The van der Waals surface area contributed by atoms with E-state index in [9.17, 15) is 9.59 Å². The Morgan fingerprint density at radius 1 is 1.29 bits per heavy atom. The van der Waals surface area contributed by atoms with Crippen LogP contribution in [-0.4, -0.2) is 10.5 Å². The molecule has 1 heterocycles. The minimum Gasteiger partial charge on any atom is -0.398 e. The van der Waals surface area contributed by atoms with Crippen molar-refractivity contribution in [2.45, 2.75) is 26.8 Å². The van der Waals surface area contributed by atoms with Gasteiger partial charge in [-0.1, -0.05) is 19.1 Å². The highest BCUT2D eigenvalue weighted by molar-refractivity contribution is 6.08. The lowest BCUT2D eigenvalue weighted by Crippen LogP contribution is -2.21. The summed E-state index contributed by atoms with van der Waals surface area (Å²) in [6, 6.07) is 8.37. The molecule has 0 fully saturated rings. The zero-order valence-corrected chi connectivity index (χ0v) is 12.2. The molecular weight excluding hydrogens is 266 g/mol. The molecule has 1 aromatic carbocycles. The Morgan fingerprint density at radius 2 is 2.05 bits per heavy atom. The van der Waals surface area contributed by atoms with E-state index in [2.05, 4.69) is 5.32 Å². The van der Waals surface area contributed by atoms with E-state index in [0.29, 0.717) is 23.5 Å². The second-order valence-electron chi connectivity index (χ2n) is 4.94. The molecule has 2 rings (SSSR count). The topological polar surface area (TPSA) is 77.1 Å². The van der Waals surface area contributed by atoms with Gasteiger partial charge in [-0.05, 0) is 31.0 Å². The third-order valence-electron chi connectivity index (χ3n) is 3.27. The fourth-order valence-corrected chi connectivity index (χ4v) is 2.10. The Balaban J connectivity index is 2.25. The number of aromatic nitrogens is 1. The van der Waals surface area contributed by atoms with E-state index in [1.54, 1.807) is 29.0 Å². The van der Waals surface area contributed by atoms with Crippen molar-refractivity contribution >= 4 is 17.3 Å². The molecule has 0 saturated heterocycles. The van der Waals surface area contributed by atoms with E-state index in [-0.39, 0.29) is 11.5 Å². The van der Waals surface area contributed by atoms with Gasteiger partial charge in [-0.2, -0.15) is 0 Å². The van der Waals surface area contributed by atoms with Crippen molar-refractivity contribution in [1.29, 1.82) is 0 Å². The highest BCUT2D eigenvalue weighted by atomic mass is 16.1. The van der Waals surface area contributed by atoms with Gasteiger partial charge in [-0.3, -0.25) is 9.59 Å². The molecule has 110 valence electrons. The van der Waals surface area contributed by atoms with E-state index in [1.165, 1.54) is 6.07 Å². The summed E-state index contributed by atoms with van der Waals surface area (Å²) in [5, 5.41) is 2.77. The molecule has 0 aliphatic rings. The van der Waals surface area contributed by atoms with Crippen LogP contribution in [-0.2, 0) is 6.54 Å². The van der Waals surface area contributed by atoms with E-state index in [1.807, 2.05) is 19.9 Å². The lowest BCUT2D eigenvalue weighted by atomic mass is 10.1. The summed E-state index contributed by atoms with van der Waals surface area (Å²) in [5.41, 5.74) is 8.18. The first kappa shape index (κ1) is 14.8. The number of nitrogens with one attached hydrogen (secondary N) is 1. The smallest absolute Gasteiger partial charge is 0.257 e. The second kappa shape index (κ2) is 6.26. The van der Waals surface area contributed by atoms with Crippen LogP contribution in [0.3, 0.4) is 0 Å². The standard InChI is InChI=1S/C16H19N3O2/c1-3-9-19-10-12(7-8-14(19)20)18-16(21)13-6-4-5-11(2)15(13)17/h4-8,10H,3,9,17H2,1-2H3,(H,18,21). The Labute approximate surface area is 123 Å². The molecule has 0 aliphatic carbocycles. The van der Waals surface area contributed by atoms with E-state index in [4.69, 9.17) is 5.73 Å². The molecule has 0 bridgehead atoms. The van der Waals surface area contributed by atoms with Crippen LogP contribution < -0.4 is 16.6 Å². The maximum absolute atomic E-state index is 12.3. The van der Waals surface area contributed by atoms with Gasteiger partial charge in [0.25, 0.3) is 11.5 Å². The van der Waals surface area contributed by atoms with Gasteiger partial charge >= 0.3 is 0 Å². The Hall–Kier alpha value is -2.56. The molecule has 0 spiro atoms. The molecule has 0 aliphatic heterocycles. The van der Waals surface area contributed by atoms with E-state index in [0.717, 1.165) is 12.0 Å². The van der Waals surface area contributed by atoms with Gasteiger partial charge in [-0.15, -0.1) is 0 Å². The van der Waals surface area contributed by atoms with Gasteiger partial charge in [0.15, 0.2) is 0 Å². The number of para-hydroxylation sites is 1. The molecular formula is C16H19N3O2. The van der Waals surface area contributed by atoms with Crippen LogP contribution in [0, 0.1) is 6.92 Å². The zero-order valence-electron chi connectivity index (χ0n) is 12.2. The minimum atomic E-state index is -0.280. The quantitative estimate of drug-likeness (QED) is 0.847. The fourth-order valence-electron chi connectivity index (χ4n) is 2.10. The van der Waals surface area contributed by atoms with Crippen LogP contribution in [0.5, 0.6) is 0 Å². The number of hydrogen-bond acceptors (Lipinski definition) is 3. The number of carbonyl (C=O) groups is 1. The normalized spacial score (nSPS) is 10.4. The predicted octanol–water partition coefficient (Wildman–Crippen LogP) is 2.40. The molecule has 0 radical (unpaired) electrons. The van der Waals surface area contributed by atoms with Crippen LogP contribution in [0.1, 0.15) is 29.3 Å². The van der Waals surface area contributed by atoms with Gasteiger partial charge in [0, 0.05) is 24.5 Å². The first-order valence-corrected chi connectivity index (χ1v) is 6.90. The average Bonchev–Trinajstić information content (AvgIpc) is 2.45. The molecule has 1 amide bonds. The minimum absolute atomic E-state index is 0.0788. The van der Waals surface area contributed by atoms with Gasteiger partial charge in [-0.25, -0.2) is 0 Å². The summed E-state index contributed by atoms with van der Waals surface area (Å²) in [4.78, 5) is 23.9. The Kier molecular flexibility index (Phi) is 4.42. The number of amides is 1. The Morgan fingerprint density at radius 3 is 2.76 bits per heavy atom. The third kappa shape index (κ3) is 3.31. The molecule has 0 unspecified atom stereocenters. The van der Waals surface area contributed by atoms with Crippen LogP contribution in [0.15, 0.2) is 41.3 Å². The Bertz CT molecular complexity index is 720. The number of hydrogen-bond donors (Lipinski definition) is 2. The molecule has 2 aromatic rings. The fraction of sp³-hybridized carbons (Fsp3) is 0.250. The summed E-state index contributed by atoms with van der Waals surface area (Å²) in [7, 11) is 0. The predicted molar refractivity (Wildman–Crippen MR) is 84.5 cm³/mol. The third-order valence-corrected chi connectivity index (χ3v) is 3.27. The van der Waals surface area contributed by atoms with E-state index >= 15 is 0 Å². The molecule has 21 heavy (non-hydrogen) atoms. The van der Waals surface area contributed by atoms with Crippen molar-refractivity contribution in [2.24, 2.45) is 0 Å². The second-order valence-corrected chi connectivity index (χ2v) is 4.94. The van der Waals surface area contributed by atoms with Gasteiger partial charge in [0.2, 0.25) is 0 Å². The highest BCUT2D eigenvalue weighted by Gasteiger charge is 2.11. The number of rotatable bonds is 4. The van der Waals surface area contributed by atoms with Crippen molar-refractivity contribution in [2.75, 3.05) is 11.1 Å². The van der Waals surface area contributed by atoms with Crippen molar-refractivity contribution < 1.29 is 4.79 Å². The lowest BCUT2D eigenvalue weighted by molar-refractivity contribution is 0.102. The molecule has 5 heteroatoms. The maximum atomic E-state index is 12.3. The molecule has 3 N–H and O–H groups in total. The first-order valence-electron chi connectivity index (χ1n) is 6.90. The number of pyridine rings is 1. The van der Waals surface area contributed by atoms with Crippen LogP contribution in [0.25, 0.3) is 0 Å².